The summed E-state index contributed by atoms with van der Waals surface area (Å²) in [5.41, 5.74) is 2.98. The predicted molar refractivity (Wildman–Crippen MR) is 70.1 cm³/mol. The third-order valence-corrected chi connectivity index (χ3v) is 2.87. The first-order valence-corrected chi connectivity index (χ1v) is 5.61. The summed E-state index contributed by atoms with van der Waals surface area (Å²) in [6, 6.07) is 13.0. The number of benzene rings is 2. The predicted octanol–water partition coefficient (Wildman–Crippen LogP) is 3.37. The highest BCUT2D eigenvalue weighted by Crippen LogP contribution is 2.30. The molecule has 0 heterocycles. The number of ether oxygens (including phenoxy) is 1. The lowest BCUT2D eigenvalue weighted by atomic mass is 9.99. The summed E-state index contributed by atoms with van der Waals surface area (Å²) in [5.74, 6) is -0.126. The second kappa shape index (κ2) is 4.92. The van der Waals surface area contributed by atoms with Crippen LogP contribution >= 0.6 is 0 Å². The Bertz CT molecular complexity index is 588. The largest absolute Gasteiger partial charge is 0.496 e. The topological polar surface area (TPSA) is 46.5 Å². The third kappa shape index (κ3) is 2.20. The van der Waals surface area contributed by atoms with E-state index in [4.69, 9.17) is 9.84 Å². The van der Waals surface area contributed by atoms with Gasteiger partial charge in [0.05, 0.1) is 12.7 Å². The van der Waals surface area contributed by atoms with Crippen LogP contribution in [0.25, 0.3) is 11.1 Å². The molecule has 2 aromatic carbocycles. The van der Waals surface area contributed by atoms with Crippen molar-refractivity contribution in [2.75, 3.05) is 7.11 Å². The molecule has 0 aliphatic carbocycles. The molecule has 2 aromatic rings. The fraction of sp³-hybridized carbons (Fsp3) is 0.133. The van der Waals surface area contributed by atoms with Gasteiger partial charge in [0.2, 0.25) is 0 Å². The van der Waals surface area contributed by atoms with E-state index in [9.17, 15) is 4.79 Å². The molecule has 0 aromatic heterocycles. The Hall–Kier alpha value is -2.29. The lowest BCUT2D eigenvalue weighted by Gasteiger charge is -2.10. The monoisotopic (exact) mass is 242 g/mol. The van der Waals surface area contributed by atoms with Crippen LogP contribution in [-0.2, 0) is 0 Å². The smallest absolute Gasteiger partial charge is 0.335 e. The molecule has 0 saturated carbocycles. The molecule has 3 heteroatoms. The van der Waals surface area contributed by atoms with E-state index < -0.39 is 5.97 Å². The molecule has 92 valence electrons. The average Bonchev–Trinajstić information content (AvgIpc) is 2.38. The minimum atomic E-state index is -0.904. The fourth-order valence-corrected chi connectivity index (χ4v) is 1.95. The highest BCUT2D eigenvalue weighted by atomic mass is 16.5. The number of para-hydroxylation sites is 1. The van der Waals surface area contributed by atoms with E-state index >= 15 is 0 Å². The molecule has 1 N–H and O–H groups in total. The van der Waals surface area contributed by atoms with E-state index in [1.165, 1.54) is 0 Å². The molecular formula is C15H14O3. The van der Waals surface area contributed by atoms with Crippen LogP contribution in [0.4, 0.5) is 0 Å². The zero-order valence-corrected chi connectivity index (χ0v) is 10.3. The number of hydrogen-bond donors (Lipinski definition) is 1. The summed E-state index contributed by atoms with van der Waals surface area (Å²) >= 11 is 0. The second-order valence-electron chi connectivity index (χ2n) is 4.04. The first-order chi connectivity index (χ1) is 8.63. The van der Waals surface area contributed by atoms with Crippen LogP contribution in [0.3, 0.4) is 0 Å². The van der Waals surface area contributed by atoms with Crippen LogP contribution in [0.2, 0.25) is 0 Å². The zero-order chi connectivity index (χ0) is 13.1. The summed E-state index contributed by atoms with van der Waals surface area (Å²) in [6.45, 7) is 1.79. The molecule has 2 rings (SSSR count). The lowest BCUT2D eigenvalue weighted by molar-refractivity contribution is 0.0696. The number of carboxylic acids is 1. The highest BCUT2D eigenvalue weighted by Gasteiger charge is 2.10. The molecule has 0 amide bonds. The van der Waals surface area contributed by atoms with Crippen LogP contribution in [0, 0.1) is 6.92 Å². The Balaban J connectivity index is 2.52. The Morgan fingerprint density at radius 3 is 2.50 bits per heavy atom. The van der Waals surface area contributed by atoms with Crippen LogP contribution in [-0.4, -0.2) is 18.2 Å². The maximum Gasteiger partial charge on any atom is 0.335 e. The van der Waals surface area contributed by atoms with Gasteiger partial charge in [-0.05, 0) is 30.2 Å². The van der Waals surface area contributed by atoms with Gasteiger partial charge in [-0.1, -0.05) is 30.3 Å². The maximum absolute atomic E-state index is 11.0. The van der Waals surface area contributed by atoms with Gasteiger partial charge in [-0.2, -0.15) is 0 Å². The molecular weight excluding hydrogens is 228 g/mol. The summed E-state index contributed by atoms with van der Waals surface area (Å²) < 4.78 is 5.30. The Morgan fingerprint density at radius 2 is 1.89 bits per heavy atom. The van der Waals surface area contributed by atoms with Crippen LogP contribution in [0.15, 0.2) is 42.5 Å². The number of methoxy groups -OCH3 is 1. The van der Waals surface area contributed by atoms with Crippen molar-refractivity contribution in [2.45, 2.75) is 6.92 Å². The van der Waals surface area contributed by atoms with Gasteiger partial charge >= 0.3 is 5.97 Å². The molecule has 18 heavy (non-hydrogen) atoms. The fourth-order valence-electron chi connectivity index (χ4n) is 1.95. The Morgan fingerprint density at radius 1 is 1.17 bits per heavy atom. The van der Waals surface area contributed by atoms with E-state index in [1.54, 1.807) is 26.2 Å². The summed E-state index contributed by atoms with van der Waals surface area (Å²) in [5, 5.41) is 9.00. The number of aromatic carboxylic acids is 1. The maximum atomic E-state index is 11.0. The molecule has 0 bridgehead atoms. The molecule has 3 nitrogen and oxygen atoms in total. The first-order valence-electron chi connectivity index (χ1n) is 5.61. The Labute approximate surface area is 106 Å². The first kappa shape index (κ1) is 12.2. The summed E-state index contributed by atoms with van der Waals surface area (Å²) in [7, 11) is 1.62. The van der Waals surface area contributed by atoms with Crippen molar-refractivity contribution in [3.8, 4) is 16.9 Å². The van der Waals surface area contributed by atoms with Gasteiger partial charge in [-0.3, -0.25) is 0 Å². The molecule has 0 aliphatic heterocycles. The van der Waals surface area contributed by atoms with Crippen molar-refractivity contribution in [3.05, 3.63) is 53.6 Å². The van der Waals surface area contributed by atoms with E-state index in [2.05, 4.69) is 0 Å². The summed E-state index contributed by atoms with van der Waals surface area (Å²) in [6.07, 6.45) is 0. The van der Waals surface area contributed by atoms with Crippen LogP contribution in [0.1, 0.15) is 15.9 Å². The number of carbonyl (C=O) groups is 1. The molecule has 0 unspecified atom stereocenters. The van der Waals surface area contributed by atoms with Crippen LogP contribution < -0.4 is 4.74 Å². The summed E-state index contributed by atoms with van der Waals surface area (Å²) in [4.78, 5) is 11.0. The quantitative estimate of drug-likeness (QED) is 0.897. The van der Waals surface area contributed by atoms with Gasteiger partial charge in [0, 0.05) is 5.56 Å². The SMILES string of the molecule is COc1ccccc1-c1ccc(C(=O)O)c(C)c1. The van der Waals surface area contributed by atoms with Crippen molar-refractivity contribution in [3.63, 3.8) is 0 Å². The van der Waals surface area contributed by atoms with Gasteiger partial charge in [0.25, 0.3) is 0 Å². The number of hydrogen-bond acceptors (Lipinski definition) is 2. The lowest BCUT2D eigenvalue weighted by Crippen LogP contribution is -1.99. The van der Waals surface area contributed by atoms with Gasteiger partial charge in [0.15, 0.2) is 0 Å². The minimum Gasteiger partial charge on any atom is -0.496 e. The van der Waals surface area contributed by atoms with E-state index in [0.717, 1.165) is 22.4 Å². The Kier molecular flexibility index (Phi) is 3.33. The average molecular weight is 242 g/mol. The minimum absolute atomic E-state index is 0.327. The van der Waals surface area contributed by atoms with Gasteiger partial charge < -0.3 is 9.84 Å². The molecule has 0 radical (unpaired) electrons. The van der Waals surface area contributed by atoms with Crippen molar-refractivity contribution in [2.24, 2.45) is 0 Å². The zero-order valence-electron chi connectivity index (χ0n) is 10.3. The van der Waals surface area contributed by atoms with Gasteiger partial charge in [0.1, 0.15) is 5.75 Å². The van der Waals surface area contributed by atoms with Crippen molar-refractivity contribution in [1.29, 1.82) is 0 Å². The molecule has 0 saturated heterocycles. The van der Waals surface area contributed by atoms with E-state index in [0.29, 0.717) is 5.56 Å². The molecule has 0 fully saturated rings. The van der Waals surface area contributed by atoms with Gasteiger partial charge in [-0.15, -0.1) is 0 Å². The standard InChI is InChI=1S/C15H14O3/c1-10-9-11(7-8-12(10)15(16)17)13-5-3-4-6-14(13)18-2/h3-9H,1-2H3,(H,16,17). The second-order valence-corrected chi connectivity index (χ2v) is 4.04. The van der Waals surface area contributed by atoms with E-state index in [1.807, 2.05) is 30.3 Å². The van der Waals surface area contributed by atoms with Crippen molar-refractivity contribution >= 4 is 5.97 Å². The molecule has 0 atom stereocenters. The highest BCUT2D eigenvalue weighted by molar-refractivity contribution is 5.90. The number of aryl methyl sites for hydroxylation is 1. The van der Waals surface area contributed by atoms with E-state index in [-0.39, 0.29) is 0 Å². The van der Waals surface area contributed by atoms with Crippen molar-refractivity contribution in [1.82, 2.24) is 0 Å². The molecule has 0 aliphatic rings. The number of rotatable bonds is 3. The number of carboxylic acid groups (broad SMARTS) is 1. The van der Waals surface area contributed by atoms with Crippen molar-refractivity contribution < 1.29 is 14.6 Å². The molecule has 0 spiro atoms. The third-order valence-electron chi connectivity index (χ3n) is 2.87. The van der Waals surface area contributed by atoms with Gasteiger partial charge in [-0.25, -0.2) is 4.79 Å². The normalized spacial score (nSPS) is 10.1. The van der Waals surface area contributed by atoms with Crippen LogP contribution in [0.5, 0.6) is 5.75 Å².